The average Bonchev–Trinajstić information content (AvgIpc) is 2.95. The molecule has 1 unspecified atom stereocenters. The number of benzene rings is 1. The third-order valence-electron chi connectivity index (χ3n) is 4.36. The number of hydrogen-bond donors (Lipinski definition) is 1. The monoisotopic (exact) mass is 363 g/mol. The summed E-state index contributed by atoms with van der Waals surface area (Å²) in [5, 5.41) is 3.56. The summed E-state index contributed by atoms with van der Waals surface area (Å²) in [6.45, 7) is 10.7. The van der Waals surface area contributed by atoms with Gasteiger partial charge >= 0.3 is 0 Å². The smallest absolute Gasteiger partial charge is 0.228 e. The fourth-order valence-electron chi connectivity index (χ4n) is 2.79. The van der Waals surface area contributed by atoms with Gasteiger partial charge in [-0.25, -0.2) is 4.98 Å². The molecule has 136 valence electrons. The SMILES string of the molecule is CCN(CC)C(C)CNC(=O)Cc1nc(-c2ccccc2Cl)oc1C. The number of halogens is 1. The number of rotatable bonds is 8. The van der Waals surface area contributed by atoms with Crippen LogP contribution in [0.5, 0.6) is 0 Å². The molecule has 1 atom stereocenters. The van der Waals surface area contributed by atoms with Crippen LogP contribution in [0.3, 0.4) is 0 Å². The van der Waals surface area contributed by atoms with E-state index in [2.05, 4.69) is 36.0 Å². The molecule has 0 aliphatic carbocycles. The number of oxazole rings is 1. The molecule has 0 fully saturated rings. The number of carbonyl (C=O) groups excluding carboxylic acids is 1. The van der Waals surface area contributed by atoms with E-state index in [1.807, 2.05) is 25.1 Å². The fraction of sp³-hybridized carbons (Fsp3) is 0.474. The van der Waals surface area contributed by atoms with Gasteiger partial charge in [-0.3, -0.25) is 9.69 Å². The van der Waals surface area contributed by atoms with Gasteiger partial charge in [-0.05, 0) is 39.1 Å². The van der Waals surface area contributed by atoms with Crippen molar-refractivity contribution in [2.75, 3.05) is 19.6 Å². The molecule has 1 aromatic heterocycles. The first kappa shape index (κ1) is 19.5. The standard InChI is InChI=1S/C19H26ClN3O2/c1-5-23(6-2)13(3)12-21-18(24)11-17-14(4)25-19(22-17)15-9-7-8-10-16(15)20/h7-10,13H,5-6,11-12H2,1-4H3,(H,21,24). The van der Waals surface area contributed by atoms with E-state index in [4.69, 9.17) is 16.0 Å². The molecule has 25 heavy (non-hydrogen) atoms. The molecule has 1 amide bonds. The first-order valence-electron chi connectivity index (χ1n) is 8.68. The molecule has 0 saturated carbocycles. The molecule has 0 aliphatic rings. The van der Waals surface area contributed by atoms with Crippen LogP contribution in [0, 0.1) is 6.92 Å². The second-order valence-corrected chi connectivity index (χ2v) is 6.46. The Morgan fingerprint density at radius 3 is 2.64 bits per heavy atom. The fourth-order valence-corrected chi connectivity index (χ4v) is 3.01. The van der Waals surface area contributed by atoms with Crippen molar-refractivity contribution in [1.82, 2.24) is 15.2 Å². The third-order valence-corrected chi connectivity index (χ3v) is 4.68. The Hall–Kier alpha value is -1.85. The van der Waals surface area contributed by atoms with Crippen LogP contribution in [0.4, 0.5) is 0 Å². The first-order chi connectivity index (χ1) is 12.0. The van der Waals surface area contributed by atoms with E-state index in [0.717, 1.165) is 18.7 Å². The van der Waals surface area contributed by atoms with Crippen molar-refractivity contribution >= 4 is 17.5 Å². The van der Waals surface area contributed by atoms with Crippen LogP contribution in [0.1, 0.15) is 32.2 Å². The van der Waals surface area contributed by atoms with E-state index >= 15 is 0 Å². The highest BCUT2D eigenvalue weighted by molar-refractivity contribution is 6.33. The largest absolute Gasteiger partial charge is 0.441 e. The van der Waals surface area contributed by atoms with Gasteiger partial charge in [0.15, 0.2) is 0 Å². The van der Waals surface area contributed by atoms with Crippen molar-refractivity contribution < 1.29 is 9.21 Å². The zero-order valence-corrected chi connectivity index (χ0v) is 16.1. The minimum atomic E-state index is -0.0545. The Bertz CT molecular complexity index is 710. The van der Waals surface area contributed by atoms with Gasteiger partial charge in [0.05, 0.1) is 22.7 Å². The number of amides is 1. The highest BCUT2D eigenvalue weighted by atomic mass is 35.5. The second kappa shape index (κ2) is 9.02. The zero-order chi connectivity index (χ0) is 18.4. The molecule has 0 saturated heterocycles. The van der Waals surface area contributed by atoms with E-state index in [9.17, 15) is 4.79 Å². The Kier molecular flexibility index (Phi) is 7.02. The summed E-state index contributed by atoms with van der Waals surface area (Å²) < 4.78 is 5.70. The van der Waals surface area contributed by atoms with Crippen molar-refractivity contribution in [2.45, 2.75) is 40.2 Å². The number of hydrogen-bond acceptors (Lipinski definition) is 4. The normalized spacial score (nSPS) is 12.4. The molecule has 5 nitrogen and oxygen atoms in total. The number of nitrogens with one attached hydrogen (secondary N) is 1. The van der Waals surface area contributed by atoms with Gasteiger partial charge in [0.25, 0.3) is 0 Å². The van der Waals surface area contributed by atoms with Crippen LogP contribution in [-0.4, -0.2) is 41.5 Å². The van der Waals surface area contributed by atoms with E-state index in [0.29, 0.717) is 35.0 Å². The van der Waals surface area contributed by atoms with Crippen molar-refractivity contribution in [3.05, 3.63) is 40.7 Å². The third kappa shape index (κ3) is 5.06. The molecule has 2 rings (SSSR count). The lowest BCUT2D eigenvalue weighted by atomic mass is 10.2. The molecule has 0 spiro atoms. The summed E-state index contributed by atoms with van der Waals surface area (Å²) in [7, 11) is 0. The van der Waals surface area contributed by atoms with Crippen LogP contribution in [0.2, 0.25) is 5.02 Å². The Balaban J connectivity index is 1.99. The summed E-state index contributed by atoms with van der Waals surface area (Å²) in [5.41, 5.74) is 1.37. The molecule has 1 aromatic carbocycles. The van der Waals surface area contributed by atoms with Gasteiger partial charge in [0.1, 0.15) is 5.76 Å². The van der Waals surface area contributed by atoms with E-state index in [1.165, 1.54) is 0 Å². The van der Waals surface area contributed by atoms with Gasteiger partial charge in [-0.15, -0.1) is 0 Å². The summed E-state index contributed by atoms with van der Waals surface area (Å²) in [6.07, 6.45) is 0.199. The van der Waals surface area contributed by atoms with Gasteiger partial charge in [0, 0.05) is 12.6 Å². The average molecular weight is 364 g/mol. The number of likely N-dealkylation sites (N-methyl/N-ethyl adjacent to an activating group) is 1. The minimum absolute atomic E-state index is 0.0545. The van der Waals surface area contributed by atoms with Crippen molar-refractivity contribution in [2.24, 2.45) is 0 Å². The highest BCUT2D eigenvalue weighted by Crippen LogP contribution is 2.28. The van der Waals surface area contributed by atoms with Crippen molar-refractivity contribution in [1.29, 1.82) is 0 Å². The molecule has 6 heteroatoms. The van der Waals surface area contributed by atoms with E-state index < -0.39 is 0 Å². The van der Waals surface area contributed by atoms with Crippen LogP contribution in [-0.2, 0) is 11.2 Å². The first-order valence-corrected chi connectivity index (χ1v) is 9.06. The number of nitrogens with zero attached hydrogens (tertiary/aromatic N) is 2. The number of carbonyl (C=O) groups is 1. The highest BCUT2D eigenvalue weighted by Gasteiger charge is 2.17. The maximum absolute atomic E-state index is 12.2. The van der Waals surface area contributed by atoms with Crippen LogP contribution < -0.4 is 5.32 Å². The summed E-state index contributed by atoms with van der Waals surface area (Å²) >= 11 is 6.18. The minimum Gasteiger partial charge on any atom is -0.441 e. The molecule has 2 aromatic rings. The predicted molar refractivity (Wildman–Crippen MR) is 101 cm³/mol. The summed E-state index contributed by atoms with van der Waals surface area (Å²) in [6, 6.07) is 7.67. The topological polar surface area (TPSA) is 58.4 Å². The Labute approximate surface area is 154 Å². The lowest BCUT2D eigenvalue weighted by Gasteiger charge is -2.26. The maximum atomic E-state index is 12.2. The van der Waals surface area contributed by atoms with E-state index in [-0.39, 0.29) is 12.3 Å². The molecule has 1 N–H and O–H groups in total. The molecule has 1 heterocycles. The molecular weight excluding hydrogens is 338 g/mol. The summed E-state index contributed by atoms with van der Waals surface area (Å²) in [5.74, 6) is 1.03. The van der Waals surface area contributed by atoms with Gasteiger partial charge < -0.3 is 9.73 Å². The molecular formula is C19H26ClN3O2. The van der Waals surface area contributed by atoms with Crippen LogP contribution >= 0.6 is 11.6 Å². The van der Waals surface area contributed by atoms with Crippen molar-refractivity contribution in [3.63, 3.8) is 0 Å². The maximum Gasteiger partial charge on any atom is 0.228 e. The lowest BCUT2D eigenvalue weighted by molar-refractivity contribution is -0.120. The van der Waals surface area contributed by atoms with Gasteiger partial charge in [0.2, 0.25) is 11.8 Å². The molecule has 0 bridgehead atoms. The Morgan fingerprint density at radius 2 is 2.00 bits per heavy atom. The number of aryl methyl sites for hydroxylation is 1. The van der Waals surface area contributed by atoms with Crippen molar-refractivity contribution in [3.8, 4) is 11.5 Å². The quantitative estimate of drug-likeness (QED) is 0.777. The Morgan fingerprint density at radius 1 is 1.32 bits per heavy atom. The lowest BCUT2D eigenvalue weighted by Crippen LogP contribution is -2.42. The summed E-state index contributed by atoms with van der Waals surface area (Å²) in [4.78, 5) is 19.0. The second-order valence-electron chi connectivity index (χ2n) is 6.05. The number of aromatic nitrogens is 1. The molecule has 0 radical (unpaired) electrons. The van der Waals surface area contributed by atoms with Crippen LogP contribution in [0.15, 0.2) is 28.7 Å². The predicted octanol–water partition coefficient (Wildman–Crippen LogP) is 3.69. The molecule has 0 aliphatic heterocycles. The van der Waals surface area contributed by atoms with Crippen LogP contribution in [0.25, 0.3) is 11.5 Å². The van der Waals surface area contributed by atoms with Gasteiger partial charge in [-0.2, -0.15) is 0 Å². The van der Waals surface area contributed by atoms with Gasteiger partial charge in [-0.1, -0.05) is 37.6 Å². The van der Waals surface area contributed by atoms with E-state index in [1.54, 1.807) is 6.07 Å². The zero-order valence-electron chi connectivity index (χ0n) is 15.3.